The van der Waals surface area contributed by atoms with Gasteiger partial charge in [0, 0.05) is 18.6 Å². The second-order valence-corrected chi connectivity index (χ2v) is 13.8. The first kappa shape index (κ1) is 40.8. The van der Waals surface area contributed by atoms with Crippen molar-refractivity contribution < 1.29 is 9.47 Å². The molecular weight excluding hydrogens is 504 g/mol. The fraction of sp³-hybridized carbons (Fsp3) is 1.00. The molecule has 0 aliphatic carbocycles. The Balaban J connectivity index is 4.45. The molecule has 0 unspecified atom stereocenters. The van der Waals surface area contributed by atoms with Gasteiger partial charge in [-0.15, -0.1) is 0 Å². The van der Waals surface area contributed by atoms with E-state index in [1.807, 2.05) is 0 Å². The van der Waals surface area contributed by atoms with Crippen molar-refractivity contribution in [2.75, 3.05) is 67.7 Å². The van der Waals surface area contributed by atoms with Gasteiger partial charge in [0.15, 0.2) is 0 Å². The van der Waals surface area contributed by atoms with Crippen LogP contribution in [0.2, 0.25) is 0 Å². The zero-order valence-electron chi connectivity index (χ0n) is 29.4. The summed E-state index contributed by atoms with van der Waals surface area (Å²) in [4.78, 5) is 4.64. The topological polar surface area (TPSA) is 24.9 Å². The Labute approximate surface area is 260 Å². The minimum Gasteiger partial charge on any atom is -0.381 e. The summed E-state index contributed by atoms with van der Waals surface area (Å²) in [5.41, 5.74) is 0.156. The Morgan fingerprint density at radius 3 is 0.976 bits per heavy atom. The molecule has 0 spiro atoms. The Bertz CT molecular complexity index is 453. The monoisotopic (exact) mass is 583 g/mol. The first-order valence-electron chi connectivity index (χ1n) is 18.4. The van der Waals surface area contributed by atoms with Crippen LogP contribution in [-0.4, -0.2) is 77.5 Å². The van der Waals surface area contributed by atoms with Crippen LogP contribution in [0.4, 0.5) is 0 Å². The number of nitrogens with zero attached hydrogens (tertiary/aromatic N) is 2. The highest BCUT2D eigenvalue weighted by Crippen LogP contribution is 2.32. The van der Waals surface area contributed by atoms with Crippen LogP contribution in [0, 0.1) is 5.41 Å². The second kappa shape index (κ2) is 31.3. The third-order valence-corrected chi connectivity index (χ3v) is 8.73. The predicted molar refractivity (Wildman–Crippen MR) is 183 cm³/mol. The van der Waals surface area contributed by atoms with E-state index in [0.29, 0.717) is 0 Å². The molecule has 0 aromatic carbocycles. The predicted octanol–water partition coefficient (Wildman–Crippen LogP) is 10.5. The van der Waals surface area contributed by atoms with Crippen LogP contribution in [0.1, 0.15) is 168 Å². The summed E-state index contributed by atoms with van der Waals surface area (Å²) in [5, 5.41) is 0. The molecule has 4 heteroatoms. The molecule has 0 rings (SSSR count). The van der Waals surface area contributed by atoms with Crippen LogP contribution in [0.15, 0.2) is 0 Å². The Morgan fingerprint density at radius 1 is 0.390 bits per heavy atom. The standard InChI is InChI=1S/C37H78N2O2/c1-7-9-11-13-15-17-19-21-23-25-33-40-35-37(29-27-31-38(3)4,30-28-32-39(5)6)36-41-34-26-24-22-20-18-16-14-12-10-8-2/h7-36H2,1-6H3. The second-order valence-electron chi connectivity index (χ2n) is 13.8. The average molecular weight is 583 g/mol. The van der Waals surface area contributed by atoms with Crippen LogP contribution in [0.25, 0.3) is 0 Å². The van der Waals surface area contributed by atoms with Crippen molar-refractivity contribution in [3.63, 3.8) is 0 Å². The fourth-order valence-corrected chi connectivity index (χ4v) is 5.96. The smallest absolute Gasteiger partial charge is 0.0544 e. The van der Waals surface area contributed by atoms with E-state index >= 15 is 0 Å². The molecule has 0 aliphatic heterocycles. The highest BCUT2D eigenvalue weighted by molar-refractivity contribution is 4.80. The van der Waals surface area contributed by atoms with Gasteiger partial charge in [-0.2, -0.15) is 0 Å². The SMILES string of the molecule is CCCCCCCCCCCCOCC(CCCN(C)C)(CCCN(C)C)COCCCCCCCCCCCC. The van der Waals surface area contributed by atoms with E-state index in [4.69, 9.17) is 9.47 Å². The van der Waals surface area contributed by atoms with Gasteiger partial charge in [0.05, 0.1) is 13.2 Å². The number of ether oxygens (including phenoxy) is 2. The van der Waals surface area contributed by atoms with Crippen molar-refractivity contribution >= 4 is 0 Å². The van der Waals surface area contributed by atoms with Crippen LogP contribution >= 0.6 is 0 Å². The molecule has 0 saturated heterocycles. The van der Waals surface area contributed by atoms with Crippen molar-refractivity contribution in [3.05, 3.63) is 0 Å². The molecule has 248 valence electrons. The van der Waals surface area contributed by atoms with Gasteiger partial charge in [-0.1, -0.05) is 129 Å². The molecule has 41 heavy (non-hydrogen) atoms. The van der Waals surface area contributed by atoms with Crippen molar-refractivity contribution in [3.8, 4) is 0 Å². The Hall–Kier alpha value is -0.160. The van der Waals surface area contributed by atoms with Gasteiger partial charge in [-0.25, -0.2) is 0 Å². The average Bonchev–Trinajstić information content (AvgIpc) is 2.93. The molecule has 0 fully saturated rings. The zero-order chi connectivity index (χ0) is 30.3. The minimum atomic E-state index is 0.156. The normalized spacial score (nSPS) is 12.3. The lowest BCUT2D eigenvalue weighted by Crippen LogP contribution is -2.35. The van der Waals surface area contributed by atoms with E-state index in [2.05, 4.69) is 51.8 Å². The molecule has 0 amide bonds. The number of unbranched alkanes of at least 4 members (excludes halogenated alkanes) is 18. The molecule has 0 aliphatic rings. The maximum absolute atomic E-state index is 6.44. The summed E-state index contributed by atoms with van der Waals surface area (Å²) in [6.45, 7) is 10.4. The Kier molecular flexibility index (Phi) is 31.1. The minimum absolute atomic E-state index is 0.156. The molecule has 0 bridgehead atoms. The van der Waals surface area contributed by atoms with Gasteiger partial charge in [-0.3, -0.25) is 0 Å². The highest BCUT2D eigenvalue weighted by atomic mass is 16.5. The Morgan fingerprint density at radius 2 is 0.683 bits per heavy atom. The van der Waals surface area contributed by atoms with Crippen molar-refractivity contribution in [1.82, 2.24) is 9.80 Å². The van der Waals surface area contributed by atoms with Gasteiger partial charge in [0.25, 0.3) is 0 Å². The molecule has 0 aromatic heterocycles. The van der Waals surface area contributed by atoms with Gasteiger partial charge >= 0.3 is 0 Å². The maximum Gasteiger partial charge on any atom is 0.0544 e. The van der Waals surface area contributed by atoms with E-state index in [9.17, 15) is 0 Å². The lowest BCUT2D eigenvalue weighted by molar-refractivity contribution is -0.0368. The number of rotatable bonds is 34. The lowest BCUT2D eigenvalue weighted by atomic mass is 9.80. The summed E-state index contributed by atoms with van der Waals surface area (Å²) in [6, 6.07) is 0. The van der Waals surface area contributed by atoms with Crippen LogP contribution < -0.4 is 0 Å². The van der Waals surface area contributed by atoms with Gasteiger partial charge in [0.2, 0.25) is 0 Å². The summed E-state index contributed by atoms with van der Waals surface area (Å²) in [6.07, 6.45) is 32.4. The number of hydrogen-bond acceptors (Lipinski definition) is 4. The molecule has 0 aromatic rings. The first-order chi connectivity index (χ1) is 20.0. The van der Waals surface area contributed by atoms with Crippen molar-refractivity contribution in [1.29, 1.82) is 0 Å². The van der Waals surface area contributed by atoms with Crippen LogP contribution in [0.5, 0.6) is 0 Å². The molecule has 0 N–H and O–H groups in total. The van der Waals surface area contributed by atoms with Gasteiger partial charge < -0.3 is 19.3 Å². The van der Waals surface area contributed by atoms with Crippen LogP contribution in [-0.2, 0) is 9.47 Å². The van der Waals surface area contributed by atoms with Crippen molar-refractivity contribution in [2.45, 2.75) is 168 Å². The molecule has 4 nitrogen and oxygen atoms in total. The third kappa shape index (κ3) is 29.7. The van der Waals surface area contributed by atoms with E-state index in [1.165, 1.54) is 154 Å². The first-order valence-corrected chi connectivity index (χ1v) is 18.4. The van der Waals surface area contributed by atoms with Gasteiger partial charge in [0.1, 0.15) is 0 Å². The fourth-order valence-electron chi connectivity index (χ4n) is 5.96. The highest BCUT2D eigenvalue weighted by Gasteiger charge is 2.30. The maximum atomic E-state index is 6.44. The molecule has 0 heterocycles. The molecule has 0 saturated carbocycles. The zero-order valence-corrected chi connectivity index (χ0v) is 29.4. The summed E-state index contributed by atoms with van der Waals surface area (Å²) >= 11 is 0. The summed E-state index contributed by atoms with van der Waals surface area (Å²) < 4.78 is 12.9. The van der Waals surface area contributed by atoms with E-state index in [1.54, 1.807) is 0 Å². The van der Waals surface area contributed by atoms with E-state index < -0.39 is 0 Å². The molecule has 0 radical (unpaired) electrons. The van der Waals surface area contributed by atoms with Crippen molar-refractivity contribution in [2.24, 2.45) is 5.41 Å². The third-order valence-electron chi connectivity index (χ3n) is 8.73. The lowest BCUT2D eigenvalue weighted by Gasteiger charge is -2.34. The van der Waals surface area contributed by atoms with Gasteiger partial charge in [-0.05, 0) is 79.8 Å². The van der Waals surface area contributed by atoms with E-state index in [0.717, 1.165) is 39.5 Å². The van der Waals surface area contributed by atoms with Crippen LogP contribution in [0.3, 0.4) is 0 Å². The number of hydrogen-bond donors (Lipinski definition) is 0. The summed E-state index contributed by atoms with van der Waals surface area (Å²) in [5.74, 6) is 0. The summed E-state index contributed by atoms with van der Waals surface area (Å²) in [7, 11) is 8.77. The van der Waals surface area contributed by atoms with E-state index in [-0.39, 0.29) is 5.41 Å². The molecule has 0 atom stereocenters. The quantitative estimate of drug-likeness (QED) is 0.0705. The molecular formula is C37H78N2O2. The largest absolute Gasteiger partial charge is 0.381 e.